The van der Waals surface area contributed by atoms with E-state index in [1.807, 2.05) is 0 Å². The monoisotopic (exact) mass is 308 g/mol. The van der Waals surface area contributed by atoms with Gasteiger partial charge in [-0.25, -0.2) is 0 Å². The maximum Gasteiger partial charge on any atom is 0.231 e. The molecule has 1 N–H and O–H groups in total. The normalized spacial score (nSPS) is 27.8. The van der Waals surface area contributed by atoms with E-state index in [-0.39, 0.29) is 5.41 Å². The number of rotatable bonds is 3. The second-order valence-electron chi connectivity index (χ2n) is 7.85. The smallest absolute Gasteiger partial charge is 0.231 e. The molecule has 0 unspecified atom stereocenters. The van der Waals surface area contributed by atoms with Crippen LogP contribution in [-0.4, -0.2) is 50.7 Å². The minimum atomic E-state index is -0.271. The van der Waals surface area contributed by atoms with E-state index >= 15 is 0 Å². The van der Waals surface area contributed by atoms with Crippen LogP contribution in [0.1, 0.15) is 57.8 Å². The van der Waals surface area contributed by atoms with Crippen LogP contribution in [0.5, 0.6) is 0 Å². The van der Waals surface area contributed by atoms with Crippen molar-refractivity contribution in [3.8, 4) is 0 Å². The third-order valence-corrected chi connectivity index (χ3v) is 6.30. The fraction of sp³-hybridized carbons (Fsp3) is 0.944. The molecule has 2 heterocycles. The highest BCUT2D eigenvalue weighted by Crippen LogP contribution is 2.44. The molecule has 0 radical (unpaired) electrons. The van der Waals surface area contributed by atoms with Crippen LogP contribution in [0, 0.1) is 10.8 Å². The summed E-state index contributed by atoms with van der Waals surface area (Å²) in [5, 5.41) is 3.39. The molecule has 3 rings (SSSR count). The molecule has 1 saturated carbocycles. The number of hydrogen-bond acceptors (Lipinski definition) is 3. The van der Waals surface area contributed by atoms with Crippen molar-refractivity contribution >= 4 is 5.91 Å². The predicted octanol–water partition coefficient (Wildman–Crippen LogP) is 2.58. The topological polar surface area (TPSA) is 41.6 Å². The molecular weight excluding hydrogens is 276 g/mol. The van der Waals surface area contributed by atoms with Gasteiger partial charge in [-0.2, -0.15) is 0 Å². The van der Waals surface area contributed by atoms with Gasteiger partial charge in [-0.15, -0.1) is 0 Å². The molecule has 0 aromatic heterocycles. The van der Waals surface area contributed by atoms with E-state index in [9.17, 15) is 4.79 Å². The molecular formula is C18H32N2O2. The van der Waals surface area contributed by atoms with E-state index in [0.717, 1.165) is 39.0 Å². The molecule has 0 aromatic rings. The Morgan fingerprint density at radius 1 is 1.05 bits per heavy atom. The van der Waals surface area contributed by atoms with Crippen LogP contribution >= 0.6 is 0 Å². The Bertz CT molecular complexity index is 374. The maximum atomic E-state index is 13.3. The van der Waals surface area contributed by atoms with Crippen LogP contribution in [0.25, 0.3) is 0 Å². The molecule has 0 aromatic carbocycles. The van der Waals surface area contributed by atoms with Crippen LogP contribution in [-0.2, 0) is 9.53 Å². The zero-order chi connectivity index (χ0) is 15.5. The average molecular weight is 308 g/mol. The molecule has 1 aliphatic carbocycles. The van der Waals surface area contributed by atoms with Crippen molar-refractivity contribution in [1.29, 1.82) is 0 Å². The molecule has 3 aliphatic rings. The third-order valence-electron chi connectivity index (χ3n) is 6.30. The Morgan fingerprint density at radius 3 is 2.41 bits per heavy atom. The van der Waals surface area contributed by atoms with Gasteiger partial charge in [0.15, 0.2) is 0 Å². The summed E-state index contributed by atoms with van der Waals surface area (Å²) in [7, 11) is 1.73. The van der Waals surface area contributed by atoms with E-state index in [0.29, 0.717) is 17.9 Å². The number of carbonyl (C=O) groups excluding carboxylic acids is 1. The number of nitrogens with zero attached hydrogens (tertiary/aromatic N) is 1. The lowest BCUT2D eigenvalue weighted by Gasteiger charge is -2.48. The van der Waals surface area contributed by atoms with Gasteiger partial charge in [0.1, 0.15) is 0 Å². The lowest BCUT2D eigenvalue weighted by atomic mass is 9.68. The van der Waals surface area contributed by atoms with Gasteiger partial charge < -0.3 is 15.0 Å². The summed E-state index contributed by atoms with van der Waals surface area (Å²) in [4.78, 5) is 15.5. The Morgan fingerprint density at radius 2 is 1.73 bits per heavy atom. The molecule has 22 heavy (non-hydrogen) atoms. The molecule has 1 amide bonds. The SMILES string of the molecule is COCC1(C(=O)N2CCCC3(CCCCC3)C2)CCNCC1. The molecule has 4 heteroatoms. The molecule has 1 spiro atoms. The van der Waals surface area contributed by atoms with Crippen molar-refractivity contribution in [2.24, 2.45) is 10.8 Å². The van der Waals surface area contributed by atoms with Crippen LogP contribution in [0.2, 0.25) is 0 Å². The van der Waals surface area contributed by atoms with Crippen molar-refractivity contribution in [2.45, 2.75) is 57.8 Å². The summed E-state index contributed by atoms with van der Waals surface area (Å²) in [5.41, 5.74) is 0.167. The fourth-order valence-electron chi connectivity index (χ4n) is 5.03. The van der Waals surface area contributed by atoms with Crippen molar-refractivity contribution in [1.82, 2.24) is 10.2 Å². The summed E-state index contributed by atoms with van der Waals surface area (Å²) in [6, 6.07) is 0. The quantitative estimate of drug-likeness (QED) is 0.871. The van der Waals surface area contributed by atoms with Gasteiger partial charge >= 0.3 is 0 Å². The molecule has 0 bridgehead atoms. The first kappa shape index (κ1) is 16.3. The average Bonchev–Trinajstić information content (AvgIpc) is 2.56. The van der Waals surface area contributed by atoms with Gasteiger partial charge in [-0.3, -0.25) is 4.79 Å². The zero-order valence-electron chi connectivity index (χ0n) is 14.2. The van der Waals surface area contributed by atoms with Gasteiger partial charge in [0.25, 0.3) is 0 Å². The number of piperidine rings is 2. The van der Waals surface area contributed by atoms with Crippen LogP contribution in [0.15, 0.2) is 0 Å². The van der Waals surface area contributed by atoms with Crippen LogP contribution < -0.4 is 5.32 Å². The Hall–Kier alpha value is -0.610. The second kappa shape index (κ2) is 6.88. The molecule has 0 atom stereocenters. The second-order valence-corrected chi connectivity index (χ2v) is 7.85. The van der Waals surface area contributed by atoms with E-state index in [4.69, 9.17) is 4.74 Å². The summed E-state index contributed by atoms with van der Waals surface area (Å²) in [6.07, 6.45) is 11.1. The molecule has 2 saturated heterocycles. The standard InChI is InChI=1S/C18H32N2O2/c1-22-15-18(9-11-19-12-10-18)16(21)20-13-5-8-17(14-20)6-3-2-4-7-17/h19H,2-15H2,1H3. The lowest BCUT2D eigenvalue weighted by molar-refractivity contribution is -0.152. The highest BCUT2D eigenvalue weighted by molar-refractivity contribution is 5.83. The minimum absolute atomic E-state index is 0.271. The van der Waals surface area contributed by atoms with Crippen LogP contribution in [0.3, 0.4) is 0 Å². The van der Waals surface area contributed by atoms with Gasteiger partial charge in [-0.1, -0.05) is 19.3 Å². The fourth-order valence-corrected chi connectivity index (χ4v) is 5.03. The van der Waals surface area contributed by atoms with E-state index in [1.165, 1.54) is 44.9 Å². The van der Waals surface area contributed by atoms with E-state index in [1.54, 1.807) is 7.11 Å². The largest absolute Gasteiger partial charge is 0.384 e. The highest BCUT2D eigenvalue weighted by atomic mass is 16.5. The number of hydrogen-bond donors (Lipinski definition) is 1. The number of ether oxygens (including phenoxy) is 1. The summed E-state index contributed by atoms with van der Waals surface area (Å²) in [6.45, 7) is 4.42. The lowest BCUT2D eigenvalue weighted by Crippen LogP contribution is -2.55. The van der Waals surface area contributed by atoms with Gasteiger partial charge in [0, 0.05) is 20.2 Å². The van der Waals surface area contributed by atoms with Crippen molar-refractivity contribution in [2.75, 3.05) is 39.9 Å². The molecule has 126 valence electrons. The number of methoxy groups -OCH3 is 1. The van der Waals surface area contributed by atoms with Crippen molar-refractivity contribution < 1.29 is 9.53 Å². The Kier molecular flexibility index (Phi) is 5.08. The van der Waals surface area contributed by atoms with Crippen LogP contribution in [0.4, 0.5) is 0 Å². The van der Waals surface area contributed by atoms with E-state index < -0.39 is 0 Å². The summed E-state index contributed by atoms with van der Waals surface area (Å²) >= 11 is 0. The zero-order valence-corrected chi connectivity index (χ0v) is 14.2. The first-order valence-corrected chi connectivity index (χ1v) is 9.19. The number of amides is 1. The number of likely N-dealkylation sites (tertiary alicyclic amines) is 1. The van der Waals surface area contributed by atoms with Crippen molar-refractivity contribution in [3.05, 3.63) is 0 Å². The number of nitrogens with one attached hydrogen (secondary N) is 1. The molecule has 3 fully saturated rings. The summed E-state index contributed by atoms with van der Waals surface area (Å²) in [5.74, 6) is 0.375. The minimum Gasteiger partial charge on any atom is -0.384 e. The summed E-state index contributed by atoms with van der Waals surface area (Å²) < 4.78 is 5.46. The third kappa shape index (κ3) is 3.18. The first-order chi connectivity index (χ1) is 10.7. The van der Waals surface area contributed by atoms with Gasteiger partial charge in [0.2, 0.25) is 5.91 Å². The van der Waals surface area contributed by atoms with Gasteiger partial charge in [0.05, 0.1) is 12.0 Å². The first-order valence-electron chi connectivity index (χ1n) is 9.19. The highest BCUT2D eigenvalue weighted by Gasteiger charge is 2.45. The van der Waals surface area contributed by atoms with Gasteiger partial charge in [-0.05, 0) is 57.0 Å². The Labute approximate surface area is 135 Å². The molecule has 2 aliphatic heterocycles. The predicted molar refractivity (Wildman–Crippen MR) is 87.7 cm³/mol. The van der Waals surface area contributed by atoms with E-state index in [2.05, 4.69) is 10.2 Å². The molecule has 4 nitrogen and oxygen atoms in total. The number of carbonyl (C=O) groups is 1. The Balaban J connectivity index is 1.72. The maximum absolute atomic E-state index is 13.3. The van der Waals surface area contributed by atoms with Crippen molar-refractivity contribution in [3.63, 3.8) is 0 Å².